The van der Waals surface area contributed by atoms with Crippen molar-refractivity contribution in [2.45, 2.75) is 6.92 Å². The molecule has 1 aromatic heterocycles. The molecule has 0 unspecified atom stereocenters. The number of nitrogen functional groups attached to an aromatic ring is 1. The van der Waals surface area contributed by atoms with Gasteiger partial charge in [-0.15, -0.1) is 11.3 Å². The lowest BCUT2D eigenvalue weighted by atomic mass is 10.1. The summed E-state index contributed by atoms with van der Waals surface area (Å²) < 4.78 is 5.89. The molecule has 0 saturated carbocycles. The van der Waals surface area contributed by atoms with Crippen molar-refractivity contribution >= 4 is 33.1 Å². The molecule has 0 aliphatic carbocycles. The highest BCUT2D eigenvalue weighted by Gasteiger charge is 2.13. The highest BCUT2D eigenvalue weighted by atomic mass is 32.1. The first-order valence-electron chi connectivity index (χ1n) is 5.76. The molecule has 2 rings (SSSR count). The van der Waals surface area contributed by atoms with Crippen LogP contribution in [0.4, 0.5) is 5.69 Å². The SMILES string of the molecule is CCOC(=O)c1cc2c(C#CCO)c(N)ccc2s1. The smallest absolute Gasteiger partial charge is 0.348 e. The number of carbonyl (C=O) groups is 1. The molecule has 0 saturated heterocycles. The quantitative estimate of drug-likeness (QED) is 0.499. The molecule has 0 amide bonds. The minimum atomic E-state index is -0.344. The molecule has 3 N–H and O–H groups in total. The minimum Gasteiger partial charge on any atom is -0.462 e. The van der Waals surface area contributed by atoms with Crippen molar-refractivity contribution in [3.8, 4) is 11.8 Å². The van der Waals surface area contributed by atoms with Crippen molar-refractivity contribution in [1.82, 2.24) is 0 Å². The van der Waals surface area contributed by atoms with Crippen LogP contribution < -0.4 is 5.73 Å². The highest BCUT2D eigenvalue weighted by Crippen LogP contribution is 2.31. The van der Waals surface area contributed by atoms with Gasteiger partial charge in [0.05, 0.1) is 12.2 Å². The van der Waals surface area contributed by atoms with Gasteiger partial charge in [-0.1, -0.05) is 11.8 Å². The first-order chi connectivity index (χ1) is 9.17. The lowest BCUT2D eigenvalue weighted by Crippen LogP contribution is -2.01. The molecule has 2 aromatic rings. The van der Waals surface area contributed by atoms with Crippen molar-refractivity contribution in [2.75, 3.05) is 18.9 Å². The number of hydrogen-bond acceptors (Lipinski definition) is 5. The van der Waals surface area contributed by atoms with E-state index < -0.39 is 0 Å². The number of thiophene rings is 1. The number of rotatable bonds is 2. The van der Waals surface area contributed by atoms with Gasteiger partial charge < -0.3 is 15.6 Å². The van der Waals surface area contributed by atoms with Crippen molar-refractivity contribution in [3.63, 3.8) is 0 Å². The molecule has 5 heteroatoms. The maximum Gasteiger partial charge on any atom is 0.348 e. The van der Waals surface area contributed by atoms with Gasteiger partial charge in [0, 0.05) is 15.8 Å². The van der Waals surface area contributed by atoms with E-state index >= 15 is 0 Å². The van der Waals surface area contributed by atoms with Gasteiger partial charge in [0.1, 0.15) is 11.5 Å². The average molecular weight is 275 g/mol. The van der Waals surface area contributed by atoms with Gasteiger partial charge in [0.15, 0.2) is 0 Å². The summed E-state index contributed by atoms with van der Waals surface area (Å²) in [5.74, 6) is 5.05. The van der Waals surface area contributed by atoms with E-state index in [1.165, 1.54) is 11.3 Å². The molecule has 0 aliphatic rings. The van der Waals surface area contributed by atoms with Gasteiger partial charge >= 0.3 is 5.97 Å². The molecule has 0 radical (unpaired) electrons. The number of benzene rings is 1. The lowest BCUT2D eigenvalue weighted by Gasteiger charge is -1.99. The Kier molecular flexibility index (Phi) is 4.05. The molecule has 0 bridgehead atoms. The van der Waals surface area contributed by atoms with E-state index in [1.807, 2.05) is 6.07 Å². The Balaban J connectivity index is 2.56. The van der Waals surface area contributed by atoms with Crippen molar-refractivity contribution in [2.24, 2.45) is 0 Å². The van der Waals surface area contributed by atoms with Crippen LogP contribution in [0, 0.1) is 11.8 Å². The van der Waals surface area contributed by atoms with Crippen LogP contribution in [0.15, 0.2) is 18.2 Å². The number of fused-ring (bicyclic) bond motifs is 1. The van der Waals surface area contributed by atoms with Gasteiger partial charge in [0.25, 0.3) is 0 Å². The van der Waals surface area contributed by atoms with Crippen LogP contribution in [0.2, 0.25) is 0 Å². The fourth-order valence-electron chi connectivity index (χ4n) is 1.70. The Bertz CT molecular complexity index is 679. The molecule has 0 spiro atoms. The summed E-state index contributed by atoms with van der Waals surface area (Å²) in [6.07, 6.45) is 0. The van der Waals surface area contributed by atoms with Gasteiger partial charge in [-0.3, -0.25) is 0 Å². The standard InChI is InChI=1S/C14H13NO3S/c1-2-18-14(17)13-8-10-9(4-3-7-16)11(15)5-6-12(10)19-13/h5-6,8,16H,2,7,15H2,1H3. The van der Waals surface area contributed by atoms with E-state index in [0.29, 0.717) is 22.7 Å². The predicted molar refractivity (Wildman–Crippen MR) is 76.2 cm³/mol. The van der Waals surface area contributed by atoms with Gasteiger partial charge in [-0.05, 0) is 25.1 Å². The normalized spacial score (nSPS) is 10.0. The van der Waals surface area contributed by atoms with Gasteiger partial charge in [-0.25, -0.2) is 4.79 Å². The second kappa shape index (κ2) is 5.74. The Morgan fingerprint density at radius 3 is 3.00 bits per heavy atom. The maximum absolute atomic E-state index is 11.7. The number of ether oxygens (including phenoxy) is 1. The Morgan fingerprint density at radius 2 is 2.32 bits per heavy atom. The molecular formula is C14H13NO3S. The van der Waals surface area contributed by atoms with Crippen molar-refractivity contribution < 1.29 is 14.6 Å². The average Bonchev–Trinajstić information content (AvgIpc) is 2.82. The molecule has 19 heavy (non-hydrogen) atoms. The third kappa shape index (κ3) is 2.70. The van der Waals surface area contributed by atoms with Crippen LogP contribution in [0.1, 0.15) is 22.2 Å². The zero-order chi connectivity index (χ0) is 13.8. The third-order valence-electron chi connectivity index (χ3n) is 2.50. The van der Waals surface area contributed by atoms with E-state index in [0.717, 1.165) is 10.1 Å². The summed E-state index contributed by atoms with van der Waals surface area (Å²) in [7, 11) is 0. The number of nitrogens with two attached hydrogens (primary N) is 1. The number of esters is 1. The van der Waals surface area contributed by atoms with Crippen molar-refractivity contribution in [3.05, 3.63) is 28.6 Å². The molecular weight excluding hydrogens is 262 g/mol. The molecule has 1 aromatic carbocycles. The molecule has 98 valence electrons. The molecule has 0 fully saturated rings. The fraction of sp³-hybridized carbons (Fsp3) is 0.214. The monoisotopic (exact) mass is 275 g/mol. The van der Waals surface area contributed by atoms with E-state index in [9.17, 15) is 4.79 Å². The van der Waals surface area contributed by atoms with Crippen LogP contribution in [-0.2, 0) is 4.74 Å². The summed E-state index contributed by atoms with van der Waals surface area (Å²) in [4.78, 5) is 12.2. The number of aliphatic hydroxyl groups excluding tert-OH is 1. The fourth-order valence-corrected chi connectivity index (χ4v) is 2.66. The lowest BCUT2D eigenvalue weighted by molar-refractivity contribution is 0.0532. The second-order valence-corrected chi connectivity index (χ2v) is 4.82. The second-order valence-electron chi connectivity index (χ2n) is 3.73. The number of anilines is 1. The zero-order valence-electron chi connectivity index (χ0n) is 10.4. The van der Waals surface area contributed by atoms with E-state index in [1.54, 1.807) is 19.1 Å². The number of hydrogen-bond donors (Lipinski definition) is 2. The van der Waals surface area contributed by atoms with E-state index in [-0.39, 0.29) is 12.6 Å². The topological polar surface area (TPSA) is 72.5 Å². The first kappa shape index (κ1) is 13.4. The highest BCUT2D eigenvalue weighted by molar-refractivity contribution is 7.20. The predicted octanol–water partition coefficient (Wildman–Crippen LogP) is 2.00. The summed E-state index contributed by atoms with van der Waals surface area (Å²) >= 11 is 1.34. The maximum atomic E-state index is 11.7. The van der Waals surface area contributed by atoms with Gasteiger partial charge in [-0.2, -0.15) is 0 Å². The van der Waals surface area contributed by atoms with E-state index in [2.05, 4.69) is 11.8 Å². The van der Waals surface area contributed by atoms with Crippen LogP contribution in [0.3, 0.4) is 0 Å². The Morgan fingerprint density at radius 1 is 1.53 bits per heavy atom. The third-order valence-corrected chi connectivity index (χ3v) is 3.58. The number of carbonyl (C=O) groups excluding carboxylic acids is 1. The minimum absolute atomic E-state index is 0.231. The molecule has 0 aliphatic heterocycles. The van der Waals surface area contributed by atoms with Crippen LogP contribution in [0.5, 0.6) is 0 Å². The number of aliphatic hydroxyl groups is 1. The Labute approximate surface area is 114 Å². The molecule has 1 heterocycles. The Hall–Kier alpha value is -2.03. The van der Waals surface area contributed by atoms with E-state index in [4.69, 9.17) is 15.6 Å². The van der Waals surface area contributed by atoms with Crippen LogP contribution in [-0.4, -0.2) is 24.3 Å². The first-order valence-corrected chi connectivity index (χ1v) is 6.58. The molecule has 4 nitrogen and oxygen atoms in total. The van der Waals surface area contributed by atoms with Gasteiger partial charge in [0.2, 0.25) is 0 Å². The molecule has 0 atom stereocenters. The summed E-state index contributed by atoms with van der Waals surface area (Å²) in [5.41, 5.74) is 7.04. The summed E-state index contributed by atoms with van der Waals surface area (Å²) in [5, 5.41) is 9.58. The van der Waals surface area contributed by atoms with Crippen LogP contribution >= 0.6 is 11.3 Å². The van der Waals surface area contributed by atoms with Crippen molar-refractivity contribution in [1.29, 1.82) is 0 Å². The van der Waals surface area contributed by atoms with Crippen LogP contribution in [0.25, 0.3) is 10.1 Å². The largest absolute Gasteiger partial charge is 0.462 e. The summed E-state index contributed by atoms with van der Waals surface area (Å²) in [6.45, 7) is 1.87. The summed E-state index contributed by atoms with van der Waals surface area (Å²) in [6, 6.07) is 5.33. The zero-order valence-corrected chi connectivity index (χ0v) is 11.2.